The van der Waals surface area contributed by atoms with E-state index in [2.05, 4.69) is 0 Å². The van der Waals surface area contributed by atoms with Crippen LogP contribution in [0.4, 0.5) is 0 Å². The van der Waals surface area contributed by atoms with Gasteiger partial charge in [0.25, 0.3) is 0 Å². The first-order valence-corrected chi connectivity index (χ1v) is 0. The normalized spacial score (nSPS) is 0. The van der Waals surface area contributed by atoms with Crippen molar-refractivity contribution in [1.82, 2.24) is 0 Å². The zero-order valence-corrected chi connectivity index (χ0v) is 6.21. The molecule has 4 heteroatoms. The van der Waals surface area contributed by atoms with E-state index in [0.717, 1.165) is 0 Å². The Labute approximate surface area is 50.8 Å². The molecule has 0 atom stereocenters. The Bertz CT molecular complexity index is 6.00. The Hall–Kier alpha value is 1.19. The van der Waals surface area contributed by atoms with Gasteiger partial charge in [0.2, 0.25) is 0 Å². The molecule has 0 bridgehead atoms. The van der Waals surface area contributed by atoms with Gasteiger partial charge < -0.3 is 11.0 Å². The summed E-state index contributed by atoms with van der Waals surface area (Å²) < 4.78 is 0. The van der Waals surface area contributed by atoms with Crippen molar-refractivity contribution in [3.8, 4) is 0 Å². The molecule has 16 valence electrons. The minimum absolute atomic E-state index is 0. The molecule has 0 aliphatic rings. The molecule has 2 nitrogen and oxygen atoms in total. The molecule has 0 aromatic heterocycles. The zero-order chi connectivity index (χ0) is 0. The fraction of sp³-hybridized carbons (Fsp3) is 0. The quantitative estimate of drug-likeness (QED) is 0.506. The Kier molecular flexibility index (Phi) is 482. The van der Waals surface area contributed by atoms with Crippen LogP contribution in [0.1, 0.15) is 0 Å². The third-order valence-corrected chi connectivity index (χ3v) is 0. The van der Waals surface area contributed by atoms with Gasteiger partial charge in [0.1, 0.15) is 0 Å². The van der Waals surface area contributed by atoms with Gasteiger partial charge in [0, 0.05) is 0 Å². The minimum Gasteiger partial charge on any atom is -2.00 e. The van der Waals surface area contributed by atoms with Gasteiger partial charge in [0.15, 0.2) is 0 Å². The van der Waals surface area contributed by atoms with E-state index in [1.165, 1.54) is 0 Å². The predicted octanol–water partition coefficient (Wildman–Crippen LogP) is -0.621. The number of rotatable bonds is 0. The third-order valence-electron chi connectivity index (χ3n) is 0. The van der Waals surface area contributed by atoms with Crippen molar-refractivity contribution in [2.24, 2.45) is 0 Å². The van der Waals surface area contributed by atoms with E-state index in [1.807, 2.05) is 0 Å². The Morgan fingerprint density at radius 3 is 0.750 bits per heavy atom. The summed E-state index contributed by atoms with van der Waals surface area (Å²) in [6, 6.07) is 0. The first-order chi connectivity index (χ1) is 0. The van der Waals surface area contributed by atoms with E-state index in [9.17, 15) is 0 Å². The first kappa shape index (κ1) is 64.2. The van der Waals surface area contributed by atoms with Crippen molar-refractivity contribution in [2.75, 3.05) is 0 Å². The van der Waals surface area contributed by atoms with Gasteiger partial charge >= 0.3 is 39.7 Å². The van der Waals surface area contributed by atoms with Crippen molar-refractivity contribution in [3.63, 3.8) is 0 Å². The Morgan fingerprint density at radius 2 is 0.750 bits per heavy atom. The molecule has 4 heavy (non-hydrogen) atoms. The SMILES string of the molecule is [Al+3].[O-2].[O-2].[Ta+5]. The fourth-order valence-electron chi connectivity index (χ4n) is 0. The van der Waals surface area contributed by atoms with Gasteiger partial charge in [-0.1, -0.05) is 0 Å². The molecule has 0 unspecified atom stereocenters. The van der Waals surface area contributed by atoms with Crippen LogP contribution in [0.2, 0.25) is 0 Å². The molecule has 0 heterocycles. The summed E-state index contributed by atoms with van der Waals surface area (Å²) >= 11 is 0. The average molecular weight is 240 g/mol. The second kappa shape index (κ2) is 30.0. The van der Waals surface area contributed by atoms with E-state index in [0.29, 0.717) is 0 Å². The summed E-state index contributed by atoms with van der Waals surface area (Å²) in [5.74, 6) is 0. The summed E-state index contributed by atoms with van der Waals surface area (Å²) in [6.45, 7) is 0. The van der Waals surface area contributed by atoms with Crippen molar-refractivity contribution in [3.05, 3.63) is 0 Å². The average Bonchev–Trinajstić information content (AvgIpc) is 0. The molecule has 0 N–H and O–H groups in total. The van der Waals surface area contributed by atoms with Crippen molar-refractivity contribution in [2.45, 2.75) is 0 Å². The summed E-state index contributed by atoms with van der Waals surface area (Å²) in [6.07, 6.45) is 0. The number of hydrogen-bond acceptors (Lipinski definition) is 0. The van der Waals surface area contributed by atoms with Crippen LogP contribution in [0.5, 0.6) is 0 Å². The molecule has 0 amide bonds. The molecule has 0 spiro atoms. The van der Waals surface area contributed by atoms with Gasteiger partial charge in [-0.15, -0.1) is 0 Å². The molecule has 0 rings (SSSR count). The van der Waals surface area contributed by atoms with E-state index in [4.69, 9.17) is 0 Å². The molecular formula is AlO2Ta+4. The van der Waals surface area contributed by atoms with Crippen LogP contribution in [0.15, 0.2) is 0 Å². The number of hydrogen-bond donors (Lipinski definition) is 0. The van der Waals surface area contributed by atoms with Gasteiger partial charge in [-0.3, -0.25) is 0 Å². The maximum atomic E-state index is 0. The summed E-state index contributed by atoms with van der Waals surface area (Å²) in [7, 11) is 0. The van der Waals surface area contributed by atoms with E-state index < -0.39 is 0 Å². The van der Waals surface area contributed by atoms with Crippen LogP contribution in [0, 0.1) is 0 Å². The maximum absolute atomic E-state index is 0. The molecular weight excluding hydrogens is 240 g/mol. The van der Waals surface area contributed by atoms with E-state index >= 15 is 0 Å². The Morgan fingerprint density at radius 1 is 0.750 bits per heavy atom. The fourth-order valence-corrected chi connectivity index (χ4v) is 0. The van der Waals surface area contributed by atoms with Crippen molar-refractivity contribution in [1.29, 1.82) is 0 Å². The van der Waals surface area contributed by atoms with Crippen LogP contribution in [-0.2, 0) is 33.3 Å². The molecule has 0 saturated heterocycles. The topological polar surface area (TPSA) is 57.0 Å². The van der Waals surface area contributed by atoms with Crippen LogP contribution < -0.4 is 0 Å². The van der Waals surface area contributed by atoms with E-state index in [-0.39, 0.29) is 50.7 Å². The minimum atomic E-state index is 0. The monoisotopic (exact) mass is 240 g/mol. The summed E-state index contributed by atoms with van der Waals surface area (Å²) in [4.78, 5) is 0. The van der Waals surface area contributed by atoms with Crippen molar-refractivity contribution >= 4 is 17.4 Å². The molecule has 0 aromatic rings. The summed E-state index contributed by atoms with van der Waals surface area (Å²) in [5, 5.41) is 0. The van der Waals surface area contributed by atoms with Gasteiger partial charge in [-0.05, 0) is 0 Å². The van der Waals surface area contributed by atoms with E-state index in [1.54, 1.807) is 0 Å². The predicted molar refractivity (Wildman–Crippen MR) is 7.13 cm³/mol. The van der Waals surface area contributed by atoms with Crippen LogP contribution in [0.3, 0.4) is 0 Å². The van der Waals surface area contributed by atoms with Crippen LogP contribution in [-0.4, -0.2) is 17.4 Å². The second-order valence-electron chi connectivity index (χ2n) is 0. The smallest absolute Gasteiger partial charge is 2.00 e. The molecule has 0 aliphatic carbocycles. The molecule has 0 fully saturated rings. The second-order valence-corrected chi connectivity index (χ2v) is 0. The molecule has 0 radical (unpaired) electrons. The van der Waals surface area contributed by atoms with Gasteiger partial charge in [-0.2, -0.15) is 0 Å². The largest absolute Gasteiger partial charge is 5.00 e. The van der Waals surface area contributed by atoms with Gasteiger partial charge in [0.05, 0.1) is 0 Å². The zero-order valence-electron chi connectivity index (χ0n) is 1.84. The van der Waals surface area contributed by atoms with Crippen LogP contribution >= 0.6 is 0 Å². The molecule has 0 aliphatic heterocycles. The summed E-state index contributed by atoms with van der Waals surface area (Å²) in [5.41, 5.74) is 0. The Balaban J connectivity index is 0. The molecule has 0 aromatic carbocycles. The first-order valence-electron chi connectivity index (χ1n) is 0. The standard InChI is InChI=1S/Al.2O.Ta/q+3;2*-2;+5. The van der Waals surface area contributed by atoms with Crippen molar-refractivity contribution < 1.29 is 33.3 Å². The molecule has 0 saturated carbocycles. The maximum Gasteiger partial charge on any atom is 5.00 e. The van der Waals surface area contributed by atoms with Gasteiger partial charge in [-0.25, -0.2) is 0 Å². The van der Waals surface area contributed by atoms with Crippen LogP contribution in [0.25, 0.3) is 0 Å². The third kappa shape index (κ3) is 10.8.